The van der Waals surface area contributed by atoms with Crippen LogP contribution in [-0.4, -0.2) is 49.9 Å². The number of nitrogens with two attached hydrogens (primary N) is 1. The van der Waals surface area contributed by atoms with Crippen molar-refractivity contribution in [3.05, 3.63) is 12.2 Å². The number of ether oxygens (including phenoxy) is 2. The number of hydrogen-bond donors (Lipinski definition) is 2. The Kier molecular flexibility index (Phi) is 31.1. The molecule has 250 valence electrons. The second-order valence-corrected chi connectivity index (χ2v) is 12.8. The van der Waals surface area contributed by atoms with Crippen LogP contribution < -0.4 is 5.73 Å². The van der Waals surface area contributed by atoms with Crippen LogP contribution in [0.25, 0.3) is 0 Å². The second kappa shape index (κ2) is 31.7. The van der Waals surface area contributed by atoms with Crippen LogP contribution in [0, 0.1) is 0 Å². The molecule has 0 aliphatic rings. The van der Waals surface area contributed by atoms with Crippen LogP contribution in [-0.2, 0) is 27.9 Å². The van der Waals surface area contributed by atoms with Crippen LogP contribution in [0.15, 0.2) is 12.2 Å². The Labute approximate surface area is 258 Å². The minimum atomic E-state index is -4.26. The van der Waals surface area contributed by atoms with E-state index in [4.69, 9.17) is 24.3 Å². The lowest BCUT2D eigenvalue weighted by Gasteiger charge is -2.20. The van der Waals surface area contributed by atoms with Crippen molar-refractivity contribution in [1.29, 1.82) is 0 Å². The topological polar surface area (TPSA) is 117 Å². The van der Waals surface area contributed by atoms with Gasteiger partial charge < -0.3 is 20.1 Å². The van der Waals surface area contributed by atoms with Gasteiger partial charge in [-0.05, 0) is 38.5 Å². The third-order valence-corrected chi connectivity index (χ3v) is 8.17. The summed E-state index contributed by atoms with van der Waals surface area (Å²) >= 11 is 0. The molecule has 0 aliphatic carbocycles. The van der Waals surface area contributed by atoms with E-state index < -0.39 is 13.9 Å². The van der Waals surface area contributed by atoms with Crippen molar-refractivity contribution in [1.82, 2.24) is 0 Å². The first kappa shape index (κ1) is 41.2. The average Bonchev–Trinajstić information content (AvgIpc) is 2.97. The molecule has 8 nitrogen and oxygen atoms in total. The summed E-state index contributed by atoms with van der Waals surface area (Å²) in [5.41, 5.74) is 5.33. The zero-order chi connectivity index (χ0) is 31.0. The van der Waals surface area contributed by atoms with Gasteiger partial charge in [0.15, 0.2) is 0 Å². The summed E-state index contributed by atoms with van der Waals surface area (Å²) in [7, 11) is -4.26. The number of carbonyl (C=O) groups is 1. The molecule has 0 aliphatic heterocycles. The minimum absolute atomic E-state index is 0.0941. The molecular weight excluding hydrogens is 553 g/mol. The van der Waals surface area contributed by atoms with Gasteiger partial charge in [-0.2, -0.15) is 0 Å². The summed E-state index contributed by atoms with van der Waals surface area (Å²) in [6, 6.07) is 0. The van der Waals surface area contributed by atoms with Gasteiger partial charge in [-0.25, -0.2) is 4.57 Å². The summed E-state index contributed by atoms with van der Waals surface area (Å²) in [5, 5.41) is 0. The summed E-state index contributed by atoms with van der Waals surface area (Å²) in [6.45, 7) is 4.87. The number of phosphoric ester groups is 1. The maximum absolute atomic E-state index is 12.4. The van der Waals surface area contributed by atoms with Gasteiger partial charge in [0, 0.05) is 19.6 Å². The first-order valence-corrected chi connectivity index (χ1v) is 18.7. The highest BCUT2D eigenvalue weighted by Crippen LogP contribution is 2.43. The van der Waals surface area contributed by atoms with Crippen LogP contribution in [0.1, 0.15) is 155 Å². The lowest BCUT2D eigenvalue weighted by atomic mass is 10.1. The predicted molar refractivity (Wildman–Crippen MR) is 174 cm³/mol. The molecule has 0 rings (SSSR count). The molecule has 0 heterocycles. The number of unbranched alkanes of at least 4 members (excludes halogenated alkanes) is 18. The zero-order valence-corrected chi connectivity index (χ0v) is 28.1. The van der Waals surface area contributed by atoms with E-state index in [2.05, 4.69) is 26.0 Å². The Morgan fingerprint density at radius 3 is 1.76 bits per heavy atom. The smallest absolute Gasteiger partial charge is 0.457 e. The van der Waals surface area contributed by atoms with Gasteiger partial charge >= 0.3 is 13.8 Å². The minimum Gasteiger partial charge on any atom is -0.457 e. The Morgan fingerprint density at radius 1 is 0.690 bits per heavy atom. The van der Waals surface area contributed by atoms with Crippen molar-refractivity contribution in [3.8, 4) is 0 Å². The highest BCUT2D eigenvalue weighted by molar-refractivity contribution is 7.47. The van der Waals surface area contributed by atoms with E-state index in [9.17, 15) is 14.3 Å². The monoisotopic (exact) mass is 619 g/mol. The third-order valence-electron chi connectivity index (χ3n) is 7.18. The van der Waals surface area contributed by atoms with E-state index in [1.165, 1.54) is 103 Å². The van der Waals surface area contributed by atoms with Crippen LogP contribution in [0.5, 0.6) is 0 Å². The van der Waals surface area contributed by atoms with Crippen LogP contribution >= 0.6 is 7.82 Å². The standard InChI is InChI=1S/C33H66NO7P/c1-3-5-7-9-11-13-14-15-16-17-19-21-23-25-28-38-30-32(31-40-42(36,37)39-29-27-34)41-33(35)26-24-22-20-18-12-10-8-6-4-2/h13-14,32H,3-12,15-31,34H2,1-2H3,(H,36,37)/b14-13-. The predicted octanol–water partition coefficient (Wildman–Crippen LogP) is 9.19. The summed E-state index contributed by atoms with van der Waals surface area (Å²) in [4.78, 5) is 22.2. The Morgan fingerprint density at radius 2 is 1.19 bits per heavy atom. The van der Waals surface area contributed by atoms with Gasteiger partial charge in [-0.1, -0.05) is 122 Å². The van der Waals surface area contributed by atoms with Crippen molar-refractivity contribution in [2.24, 2.45) is 5.73 Å². The molecule has 0 saturated carbocycles. The summed E-state index contributed by atoms with van der Waals surface area (Å²) in [6.07, 6.45) is 29.4. The van der Waals surface area contributed by atoms with E-state index in [-0.39, 0.29) is 32.3 Å². The second-order valence-electron chi connectivity index (χ2n) is 11.4. The maximum atomic E-state index is 12.4. The van der Waals surface area contributed by atoms with Gasteiger partial charge in [0.1, 0.15) is 6.10 Å². The van der Waals surface area contributed by atoms with Crippen molar-refractivity contribution >= 4 is 13.8 Å². The lowest BCUT2D eigenvalue weighted by Crippen LogP contribution is -2.28. The van der Waals surface area contributed by atoms with Crippen molar-refractivity contribution in [3.63, 3.8) is 0 Å². The highest BCUT2D eigenvalue weighted by Gasteiger charge is 2.25. The zero-order valence-electron chi connectivity index (χ0n) is 27.2. The Bertz CT molecular complexity index is 662. The number of rotatable bonds is 33. The lowest BCUT2D eigenvalue weighted by molar-refractivity contribution is -0.154. The first-order chi connectivity index (χ1) is 20.4. The fourth-order valence-electron chi connectivity index (χ4n) is 4.64. The molecule has 0 aromatic heterocycles. The molecule has 2 unspecified atom stereocenters. The molecule has 9 heteroatoms. The molecule has 2 atom stereocenters. The van der Waals surface area contributed by atoms with Crippen LogP contribution in [0.4, 0.5) is 0 Å². The third kappa shape index (κ3) is 30.7. The Hall–Kier alpha value is -0.760. The number of hydrogen-bond acceptors (Lipinski definition) is 7. The average molecular weight is 620 g/mol. The van der Waals surface area contributed by atoms with Gasteiger partial charge in [0.05, 0.1) is 19.8 Å². The first-order valence-electron chi connectivity index (χ1n) is 17.2. The maximum Gasteiger partial charge on any atom is 0.472 e. The molecule has 42 heavy (non-hydrogen) atoms. The molecule has 0 bridgehead atoms. The normalized spacial score (nSPS) is 13.9. The highest BCUT2D eigenvalue weighted by atomic mass is 31.2. The van der Waals surface area contributed by atoms with Crippen LogP contribution in [0.2, 0.25) is 0 Å². The summed E-state index contributed by atoms with van der Waals surface area (Å²) < 4.78 is 33.1. The molecule has 0 aromatic rings. The quantitative estimate of drug-likeness (QED) is 0.0323. The number of esters is 1. The number of phosphoric acid groups is 1. The van der Waals surface area contributed by atoms with E-state index in [0.29, 0.717) is 13.0 Å². The largest absolute Gasteiger partial charge is 0.472 e. The molecular formula is C33H66NO7P. The molecule has 0 fully saturated rings. The summed E-state index contributed by atoms with van der Waals surface area (Å²) in [5.74, 6) is -0.336. The molecule has 0 spiro atoms. The molecule has 0 saturated heterocycles. The van der Waals surface area contributed by atoms with Gasteiger partial charge in [0.2, 0.25) is 0 Å². The van der Waals surface area contributed by atoms with E-state index in [0.717, 1.165) is 32.1 Å². The van der Waals surface area contributed by atoms with E-state index >= 15 is 0 Å². The number of carbonyl (C=O) groups excluding carboxylic acids is 1. The molecule has 0 radical (unpaired) electrons. The van der Waals surface area contributed by atoms with Crippen molar-refractivity contribution < 1.29 is 32.8 Å². The fraction of sp³-hybridized carbons (Fsp3) is 0.909. The van der Waals surface area contributed by atoms with Gasteiger partial charge in [-0.15, -0.1) is 0 Å². The molecule has 3 N–H and O–H groups in total. The van der Waals surface area contributed by atoms with E-state index in [1.807, 2.05) is 0 Å². The molecule has 0 amide bonds. The van der Waals surface area contributed by atoms with Crippen molar-refractivity contribution in [2.45, 2.75) is 161 Å². The van der Waals surface area contributed by atoms with Gasteiger partial charge in [-0.3, -0.25) is 13.8 Å². The molecule has 0 aromatic carbocycles. The number of allylic oxidation sites excluding steroid dienone is 2. The van der Waals surface area contributed by atoms with E-state index in [1.54, 1.807) is 0 Å². The van der Waals surface area contributed by atoms with Crippen LogP contribution in [0.3, 0.4) is 0 Å². The fourth-order valence-corrected chi connectivity index (χ4v) is 5.40. The SMILES string of the molecule is CCCCCC/C=C\CCCCCCCCOCC(COP(=O)(O)OCCN)OC(=O)CCCCCCCCCCC. The Balaban J connectivity index is 4.11. The van der Waals surface area contributed by atoms with Crippen molar-refractivity contribution in [2.75, 3.05) is 33.0 Å². The van der Waals surface area contributed by atoms with Gasteiger partial charge in [0.25, 0.3) is 0 Å².